The standard InChI is InChI=1S/C26H20ClFN4O5S/c1-37-25(36)15-5-9-19(10-6-15)29-22(33)14-21-24(35)31(20-11-7-17(27)8-12-20)26(38)32(21)30-23(34)16-3-2-4-18(28)13-16/h2-13,21H,14H2,1H3,(H,29,33)(H,30,34). The number of nitrogens with zero attached hydrogens (tertiary/aromatic N) is 2. The van der Waals surface area contributed by atoms with Crippen molar-refractivity contribution in [2.45, 2.75) is 12.5 Å². The summed E-state index contributed by atoms with van der Waals surface area (Å²) in [6, 6.07) is 16.0. The number of hydrazine groups is 1. The Kier molecular flexibility index (Phi) is 7.99. The maximum Gasteiger partial charge on any atom is 0.337 e. The Morgan fingerprint density at radius 3 is 2.34 bits per heavy atom. The van der Waals surface area contributed by atoms with Gasteiger partial charge in [0.15, 0.2) is 0 Å². The number of amides is 3. The van der Waals surface area contributed by atoms with Gasteiger partial charge < -0.3 is 10.1 Å². The van der Waals surface area contributed by atoms with Gasteiger partial charge in [-0.05, 0) is 78.9 Å². The van der Waals surface area contributed by atoms with Crippen LogP contribution < -0.4 is 15.6 Å². The van der Waals surface area contributed by atoms with Crippen LogP contribution in [-0.2, 0) is 14.3 Å². The Bertz CT molecular complexity index is 1420. The number of esters is 1. The highest BCUT2D eigenvalue weighted by Crippen LogP contribution is 2.27. The largest absolute Gasteiger partial charge is 0.465 e. The molecule has 0 spiro atoms. The molecule has 0 aromatic heterocycles. The van der Waals surface area contributed by atoms with Gasteiger partial charge in [0.05, 0.1) is 24.8 Å². The smallest absolute Gasteiger partial charge is 0.337 e. The molecule has 38 heavy (non-hydrogen) atoms. The van der Waals surface area contributed by atoms with Crippen LogP contribution in [0.3, 0.4) is 0 Å². The molecular weight excluding hydrogens is 535 g/mol. The van der Waals surface area contributed by atoms with Gasteiger partial charge in [-0.25, -0.2) is 14.2 Å². The predicted molar refractivity (Wildman–Crippen MR) is 142 cm³/mol. The average molecular weight is 555 g/mol. The normalized spacial score (nSPS) is 14.9. The lowest BCUT2D eigenvalue weighted by Gasteiger charge is -2.24. The van der Waals surface area contributed by atoms with Crippen molar-refractivity contribution in [1.29, 1.82) is 0 Å². The average Bonchev–Trinajstić information content (AvgIpc) is 3.13. The Morgan fingerprint density at radius 1 is 1.03 bits per heavy atom. The number of thiocarbonyl (C=S) groups is 1. The zero-order valence-electron chi connectivity index (χ0n) is 19.8. The molecule has 0 aliphatic carbocycles. The molecule has 4 rings (SSSR count). The number of hydrogen-bond donors (Lipinski definition) is 2. The molecule has 1 fully saturated rings. The highest BCUT2D eigenvalue weighted by atomic mass is 35.5. The summed E-state index contributed by atoms with van der Waals surface area (Å²) in [5.41, 5.74) is 3.58. The fraction of sp³-hybridized carbons (Fsp3) is 0.115. The van der Waals surface area contributed by atoms with Gasteiger partial charge in [0.1, 0.15) is 11.9 Å². The van der Waals surface area contributed by atoms with Crippen molar-refractivity contribution in [2.24, 2.45) is 0 Å². The first-order valence-electron chi connectivity index (χ1n) is 11.2. The Morgan fingerprint density at radius 2 is 1.71 bits per heavy atom. The number of carbonyl (C=O) groups is 4. The SMILES string of the molecule is COC(=O)c1ccc(NC(=O)CC2C(=O)N(c3ccc(Cl)cc3)C(=S)N2NC(=O)c2cccc(F)c2)cc1. The molecule has 0 bridgehead atoms. The van der Waals surface area contributed by atoms with Gasteiger partial charge in [-0.2, -0.15) is 0 Å². The molecular formula is C26H20ClFN4O5S. The molecule has 3 aromatic carbocycles. The zero-order chi connectivity index (χ0) is 27.4. The van der Waals surface area contributed by atoms with Crippen LogP contribution in [0.15, 0.2) is 72.8 Å². The molecule has 9 nitrogen and oxygen atoms in total. The van der Waals surface area contributed by atoms with Crippen LogP contribution in [-0.4, -0.2) is 47.0 Å². The summed E-state index contributed by atoms with van der Waals surface area (Å²) >= 11 is 11.5. The number of rotatable bonds is 7. The molecule has 3 amide bonds. The third kappa shape index (κ3) is 5.79. The number of benzene rings is 3. The Labute approximate surface area is 227 Å². The van der Waals surface area contributed by atoms with E-state index < -0.39 is 35.5 Å². The quantitative estimate of drug-likeness (QED) is 0.336. The van der Waals surface area contributed by atoms with Crippen molar-refractivity contribution in [1.82, 2.24) is 10.4 Å². The number of anilines is 2. The first-order valence-corrected chi connectivity index (χ1v) is 11.9. The minimum absolute atomic E-state index is 0.000843. The van der Waals surface area contributed by atoms with E-state index in [0.29, 0.717) is 22.0 Å². The van der Waals surface area contributed by atoms with Gasteiger partial charge in [-0.15, -0.1) is 0 Å². The molecule has 2 N–H and O–H groups in total. The van der Waals surface area contributed by atoms with Crippen molar-refractivity contribution in [3.63, 3.8) is 0 Å². The van der Waals surface area contributed by atoms with Crippen LogP contribution in [0.25, 0.3) is 0 Å². The van der Waals surface area contributed by atoms with Crippen LogP contribution >= 0.6 is 23.8 Å². The van der Waals surface area contributed by atoms with Crippen molar-refractivity contribution in [3.05, 3.63) is 94.8 Å². The Balaban J connectivity index is 1.57. The summed E-state index contributed by atoms with van der Waals surface area (Å²) in [6.45, 7) is 0. The van der Waals surface area contributed by atoms with Gasteiger partial charge in [0.25, 0.3) is 11.8 Å². The van der Waals surface area contributed by atoms with Crippen molar-refractivity contribution in [2.75, 3.05) is 17.3 Å². The molecule has 3 aromatic rings. The fourth-order valence-corrected chi connectivity index (χ4v) is 4.22. The summed E-state index contributed by atoms with van der Waals surface area (Å²) in [7, 11) is 1.26. The third-order valence-corrected chi connectivity index (χ3v) is 6.21. The zero-order valence-corrected chi connectivity index (χ0v) is 21.4. The third-order valence-electron chi connectivity index (χ3n) is 5.58. The van der Waals surface area contributed by atoms with Crippen LogP contribution in [0.1, 0.15) is 27.1 Å². The van der Waals surface area contributed by atoms with Gasteiger partial charge in [-0.3, -0.25) is 24.7 Å². The lowest BCUT2D eigenvalue weighted by molar-refractivity contribution is -0.124. The van der Waals surface area contributed by atoms with E-state index in [0.717, 1.165) is 11.1 Å². The molecule has 1 atom stereocenters. The first-order chi connectivity index (χ1) is 18.2. The molecule has 194 valence electrons. The molecule has 0 radical (unpaired) electrons. The van der Waals surface area contributed by atoms with Crippen LogP contribution in [0.4, 0.5) is 15.8 Å². The van der Waals surface area contributed by atoms with E-state index in [1.54, 1.807) is 24.3 Å². The van der Waals surface area contributed by atoms with Crippen molar-refractivity contribution in [3.8, 4) is 0 Å². The highest BCUT2D eigenvalue weighted by Gasteiger charge is 2.45. The fourth-order valence-electron chi connectivity index (χ4n) is 3.73. The predicted octanol–water partition coefficient (Wildman–Crippen LogP) is 3.94. The summed E-state index contributed by atoms with van der Waals surface area (Å²) in [6.07, 6.45) is -0.384. The van der Waals surface area contributed by atoms with E-state index in [9.17, 15) is 23.6 Å². The van der Waals surface area contributed by atoms with E-state index in [2.05, 4.69) is 15.5 Å². The minimum atomic E-state index is -1.20. The van der Waals surface area contributed by atoms with Gasteiger partial charge in [0, 0.05) is 16.3 Å². The lowest BCUT2D eigenvalue weighted by Crippen LogP contribution is -2.49. The van der Waals surface area contributed by atoms with Gasteiger partial charge in [-0.1, -0.05) is 17.7 Å². The number of methoxy groups -OCH3 is 1. The maximum atomic E-state index is 13.7. The summed E-state index contributed by atoms with van der Waals surface area (Å²) in [5, 5.41) is 4.12. The summed E-state index contributed by atoms with van der Waals surface area (Å²) in [4.78, 5) is 52.0. The summed E-state index contributed by atoms with van der Waals surface area (Å²) < 4.78 is 18.3. The molecule has 1 aliphatic heterocycles. The number of ether oxygens (including phenoxy) is 1. The molecule has 12 heteroatoms. The van der Waals surface area contributed by atoms with Crippen LogP contribution in [0.2, 0.25) is 5.02 Å². The molecule has 1 unspecified atom stereocenters. The van der Waals surface area contributed by atoms with Gasteiger partial charge in [0.2, 0.25) is 11.0 Å². The van der Waals surface area contributed by atoms with Crippen LogP contribution in [0, 0.1) is 5.82 Å². The van der Waals surface area contributed by atoms with Crippen molar-refractivity contribution >= 4 is 64.0 Å². The molecule has 1 heterocycles. The monoisotopic (exact) mass is 554 g/mol. The Hall–Kier alpha value is -4.35. The van der Waals surface area contributed by atoms with E-state index in [1.165, 1.54) is 54.5 Å². The van der Waals surface area contributed by atoms with Gasteiger partial charge >= 0.3 is 5.97 Å². The second-order valence-electron chi connectivity index (χ2n) is 8.09. The minimum Gasteiger partial charge on any atom is -0.465 e. The number of carbonyl (C=O) groups excluding carboxylic acids is 4. The lowest BCUT2D eigenvalue weighted by atomic mass is 10.1. The molecule has 0 saturated carbocycles. The first kappa shape index (κ1) is 26.7. The van der Waals surface area contributed by atoms with Crippen molar-refractivity contribution < 1.29 is 28.3 Å². The summed E-state index contributed by atoms with van der Waals surface area (Å²) in [5.74, 6) is -2.98. The van der Waals surface area contributed by atoms with E-state index in [-0.39, 0.29) is 17.1 Å². The molecule has 1 saturated heterocycles. The molecule has 1 aliphatic rings. The number of halogens is 2. The second-order valence-corrected chi connectivity index (χ2v) is 8.89. The number of hydrogen-bond acceptors (Lipinski definition) is 6. The topological polar surface area (TPSA) is 108 Å². The number of nitrogens with one attached hydrogen (secondary N) is 2. The van der Waals surface area contributed by atoms with E-state index in [4.69, 9.17) is 23.8 Å². The highest BCUT2D eigenvalue weighted by molar-refractivity contribution is 7.80. The van der Waals surface area contributed by atoms with E-state index in [1.807, 2.05) is 0 Å². The second kappa shape index (κ2) is 11.4. The maximum absolute atomic E-state index is 13.7. The van der Waals surface area contributed by atoms with E-state index >= 15 is 0 Å². The van der Waals surface area contributed by atoms with Crippen LogP contribution in [0.5, 0.6) is 0 Å².